The first-order chi connectivity index (χ1) is 9.24. The van der Waals surface area contributed by atoms with Crippen molar-refractivity contribution in [3.63, 3.8) is 0 Å². The van der Waals surface area contributed by atoms with E-state index in [1.807, 2.05) is 12.1 Å². The van der Waals surface area contributed by atoms with Crippen molar-refractivity contribution in [1.29, 1.82) is 0 Å². The topological polar surface area (TPSA) is 49.3 Å². The third-order valence-corrected chi connectivity index (χ3v) is 5.16. The minimum absolute atomic E-state index is 0.0350. The quantitative estimate of drug-likeness (QED) is 0.803. The highest BCUT2D eigenvalue weighted by Gasteiger charge is 2.45. The molecular formula is C15H19BrClNO2. The molecule has 20 heavy (non-hydrogen) atoms. The van der Waals surface area contributed by atoms with Gasteiger partial charge in [0.05, 0.1) is 5.02 Å². The predicted molar refractivity (Wildman–Crippen MR) is 85.4 cm³/mol. The molecule has 2 N–H and O–H groups in total. The van der Waals surface area contributed by atoms with Crippen molar-refractivity contribution in [1.82, 2.24) is 0 Å². The summed E-state index contributed by atoms with van der Waals surface area (Å²) in [5.74, 6) is -0.781. The molecule has 1 saturated carbocycles. The summed E-state index contributed by atoms with van der Waals surface area (Å²) < 4.78 is 0.764. The maximum absolute atomic E-state index is 11.8. The average Bonchev–Trinajstić information content (AvgIpc) is 2.32. The Morgan fingerprint density at radius 2 is 2.10 bits per heavy atom. The molecule has 1 aliphatic rings. The number of anilines is 1. The van der Waals surface area contributed by atoms with Crippen LogP contribution < -0.4 is 5.32 Å². The van der Waals surface area contributed by atoms with Crippen molar-refractivity contribution < 1.29 is 9.90 Å². The van der Waals surface area contributed by atoms with Crippen molar-refractivity contribution in [2.75, 3.05) is 5.32 Å². The van der Waals surface area contributed by atoms with Crippen LogP contribution in [0.4, 0.5) is 5.69 Å². The van der Waals surface area contributed by atoms with Crippen molar-refractivity contribution in [2.45, 2.75) is 45.1 Å². The molecule has 1 fully saturated rings. The first-order valence-corrected chi connectivity index (χ1v) is 7.88. The molecule has 0 amide bonds. The highest BCUT2D eigenvalue weighted by molar-refractivity contribution is 9.10. The Morgan fingerprint density at radius 3 is 2.65 bits per heavy atom. The van der Waals surface area contributed by atoms with Gasteiger partial charge < -0.3 is 10.4 Å². The molecule has 0 radical (unpaired) electrons. The van der Waals surface area contributed by atoms with Crippen LogP contribution >= 0.6 is 27.5 Å². The summed E-state index contributed by atoms with van der Waals surface area (Å²) in [5.41, 5.74) is -0.0798. The van der Waals surface area contributed by atoms with Gasteiger partial charge in [-0.25, -0.2) is 4.79 Å². The van der Waals surface area contributed by atoms with Gasteiger partial charge in [-0.1, -0.05) is 25.4 Å². The molecule has 2 rings (SSSR count). The summed E-state index contributed by atoms with van der Waals surface area (Å²) in [7, 11) is 0. The fourth-order valence-electron chi connectivity index (χ4n) is 3.06. The monoisotopic (exact) mass is 359 g/mol. The zero-order valence-corrected chi connectivity index (χ0v) is 14.0. The predicted octanol–water partition coefficient (Wildman–Crippen LogP) is 4.94. The molecule has 1 aromatic rings. The lowest BCUT2D eigenvalue weighted by atomic mass is 9.68. The molecule has 3 nitrogen and oxygen atoms in total. The van der Waals surface area contributed by atoms with Gasteiger partial charge in [-0.2, -0.15) is 0 Å². The van der Waals surface area contributed by atoms with Crippen LogP contribution in [0.2, 0.25) is 5.02 Å². The molecule has 0 aromatic heterocycles. The minimum atomic E-state index is -0.894. The maximum atomic E-state index is 11.8. The zero-order valence-electron chi connectivity index (χ0n) is 11.7. The zero-order chi connectivity index (χ0) is 15.0. The van der Waals surface area contributed by atoms with Crippen LogP contribution in [0.5, 0.6) is 0 Å². The fourth-order valence-corrected chi connectivity index (χ4v) is 3.55. The number of aliphatic carboxylic acids is 1. The van der Waals surface area contributed by atoms with E-state index in [1.54, 1.807) is 6.07 Å². The van der Waals surface area contributed by atoms with Crippen molar-refractivity contribution in [3.05, 3.63) is 27.7 Å². The number of carbonyl (C=O) groups is 1. The van der Waals surface area contributed by atoms with Gasteiger partial charge in [-0.15, -0.1) is 0 Å². The Labute approximate surface area is 132 Å². The Hall–Kier alpha value is -0.740. The van der Waals surface area contributed by atoms with Crippen LogP contribution in [0.3, 0.4) is 0 Å². The van der Waals surface area contributed by atoms with Crippen molar-refractivity contribution in [2.24, 2.45) is 5.41 Å². The van der Waals surface area contributed by atoms with Gasteiger partial charge in [0.1, 0.15) is 5.54 Å². The van der Waals surface area contributed by atoms with E-state index < -0.39 is 11.5 Å². The summed E-state index contributed by atoms with van der Waals surface area (Å²) >= 11 is 9.34. The third-order valence-electron chi connectivity index (χ3n) is 3.95. The Bertz CT molecular complexity index is 533. The van der Waals surface area contributed by atoms with E-state index in [4.69, 9.17) is 11.6 Å². The second-order valence-corrected chi connectivity index (χ2v) is 7.60. The number of rotatable bonds is 3. The van der Waals surface area contributed by atoms with Gasteiger partial charge in [0.15, 0.2) is 0 Å². The van der Waals surface area contributed by atoms with E-state index in [9.17, 15) is 9.90 Å². The standard InChI is InChI=1S/C15H19BrClNO2/c1-14(2)6-3-7-15(9-14,13(19)20)18-10-4-5-12(17)11(16)8-10/h4-5,8,18H,3,6-7,9H2,1-2H3,(H,19,20). The summed E-state index contributed by atoms with van der Waals surface area (Å²) in [6, 6.07) is 5.41. The molecule has 0 heterocycles. The van der Waals surface area contributed by atoms with Crippen LogP contribution in [-0.2, 0) is 4.79 Å². The second kappa shape index (κ2) is 5.57. The molecule has 0 saturated heterocycles. The Kier molecular flexibility index (Phi) is 4.35. The number of nitrogens with one attached hydrogen (secondary N) is 1. The van der Waals surface area contributed by atoms with Crippen LogP contribution in [0.1, 0.15) is 39.5 Å². The van der Waals surface area contributed by atoms with Gasteiger partial charge in [0.2, 0.25) is 0 Å². The van der Waals surface area contributed by atoms with Gasteiger partial charge in [0, 0.05) is 10.2 Å². The molecule has 1 aromatic carbocycles. The number of hydrogen-bond donors (Lipinski definition) is 2. The molecule has 0 bridgehead atoms. The Balaban J connectivity index is 2.29. The Morgan fingerprint density at radius 1 is 1.40 bits per heavy atom. The van der Waals surface area contributed by atoms with Gasteiger partial charge in [-0.3, -0.25) is 0 Å². The van der Waals surface area contributed by atoms with Gasteiger partial charge >= 0.3 is 5.97 Å². The molecule has 1 aliphatic carbocycles. The van der Waals surface area contributed by atoms with Gasteiger partial charge in [-0.05, 0) is 65.2 Å². The lowest BCUT2D eigenvalue weighted by Crippen LogP contribution is -2.51. The summed E-state index contributed by atoms with van der Waals surface area (Å²) in [4.78, 5) is 11.8. The molecule has 110 valence electrons. The SMILES string of the molecule is CC1(C)CCCC(Nc2ccc(Cl)c(Br)c2)(C(=O)O)C1. The second-order valence-electron chi connectivity index (χ2n) is 6.34. The normalized spacial score (nSPS) is 25.2. The maximum Gasteiger partial charge on any atom is 0.329 e. The highest BCUT2D eigenvalue weighted by Crippen LogP contribution is 2.43. The van der Waals surface area contributed by atoms with E-state index in [0.717, 1.165) is 23.0 Å². The number of hydrogen-bond acceptors (Lipinski definition) is 2. The summed E-state index contributed by atoms with van der Waals surface area (Å²) in [5, 5.41) is 13.5. The van der Waals surface area contributed by atoms with E-state index in [1.165, 1.54) is 0 Å². The lowest BCUT2D eigenvalue weighted by Gasteiger charge is -2.43. The number of halogens is 2. The van der Waals surface area contributed by atoms with E-state index in [-0.39, 0.29) is 5.41 Å². The van der Waals surface area contributed by atoms with Crippen LogP contribution in [-0.4, -0.2) is 16.6 Å². The highest BCUT2D eigenvalue weighted by atomic mass is 79.9. The lowest BCUT2D eigenvalue weighted by molar-refractivity contribution is -0.145. The third kappa shape index (κ3) is 3.29. The largest absolute Gasteiger partial charge is 0.480 e. The molecule has 5 heteroatoms. The molecule has 0 spiro atoms. The molecule has 1 unspecified atom stereocenters. The average molecular weight is 361 g/mol. The van der Waals surface area contributed by atoms with E-state index >= 15 is 0 Å². The minimum Gasteiger partial charge on any atom is -0.480 e. The number of carboxylic acid groups (broad SMARTS) is 1. The number of benzene rings is 1. The van der Waals surface area contributed by atoms with Crippen molar-refractivity contribution >= 4 is 39.2 Å². The first-order valence-electron chi connectivity index (χ1n) is 6.71. The summed E-state index contributed by atoms with van der Waals surface area (Å²) in [6.45, 7) is 4.26. The van der Waals surface area contributed by atoms with E-state index in [0.29, 0.717) is 17.9 Å². The van der Waals surface area contributed by atoms with Crippen LogP contribution in [0.15, 0.2) is 22.7 Å². The first kappa shape index (κ1) is 15.6. The molecule has 1 atom stereocenters. The van der Waals surface area contributed by atoms with Crippen LogP contribution in [0.25, 0.3) is 0 Å². The summed E-state index contributed by atoms with van der Waals surface area (Å²) in [6.07, 6.45) is 3.25. The fraction of sp³-hybridized carbons (Fsp3) is 0.533. The molecule has 0 aliphatic heterocycles. The van der Waals surface area contributed by atoms with E-state index in [2.05, 4.69) is 35.1 Å². The van der Waals surface area contributed by atoms with Gasteiger partial charge in [0.25, 0.3) is 0 Å². The smallest absolute Gasteiger partial charge is 0.329 e. The van der Waals surface area contributed by atoms with Crippen molar-refractivity contribution in [3.8, 4) is 0 Å². The molecular weight excluding hydrogens is 342 g/mol. The van der Waals surface area contributed by atoms with Crippen LogP contribution in [0, 0.1) is 5.41 Å². The number of carboxylic acids is 1.